The molecule has 3 N–H and O–H groups in total. The van der Waals surface area contributed by atoms with E-state index in [4.69, 9.17) is 4.42 Å². The molecular weight excluding hydrogens is 398 g/mol. The van der Waals surface area contributed by atoms with Crippen molar-refractivity contribution < 1.29 is 19.0 Å². The molecule has 0 unspecified atom stereocenters. The van der Waals surface area contributed by atoms with Crippen LogP contribution in [-0.4, -0.2) is 48.8 Å². The molecular formula is C22H29N5O2S+2. The Labute approximate surface area is 180 Å². The Balaban J connectivity index is 1.29. The van der Waals surface area contributed by atoms with E-state index in [0.29, 0.717) is 18.3 Å². The molecule has 0 saturated carbocycles. The van der Waals surface area contributed by atoms with Crippen LogP contribution in [0.4, 0.5) is 5.69 Å². The number of nitrogens with zero attached hydrogens (tertiary/aromatic N) is 2. The van der Waals surface area contributed by atoms with Gasteiger partial charge in [0.1, 0.15) is 26.2 Å². The van der Waals surface area contributed by atoms with Gasteiger partial charge in [0.15, 0.2) is 12.6 Å². The third-order valence-electron chi connectivity index (χ3n) is 5.91. The van der Waals surface area contributed by atoms with Crippen molar-refractivity contribution >= 4 is 22.9 Å². The lowest BCUT2D eigenvalue weighted by Gasteiger charge is -2.31. The van der Waals surface area contributed by atoms with Crippen LogP contribution < -0.4 is 15.1 Å². The van der Waals surface area contributed by atoms with Crippen LogP contribution in [0, 0.1) is 13.8 Å². The third-order valence-corrected chi connectivity index (χ3v) is 6.77. The monoisotopic (exact) mass is 427 g/mol. The summed E-state index contributed by atoms with van der Waals surface area (Å²) in [6.07, 6.45) is 0. The number of hydrogen-bond donors (Lipinski definition) is 3. The van der Waals surface area contributed by atoms with Crippen molar-refractivity contribution in [2.45, 2.75) is 26.8 Å². The summed E-state index contributed by atoms with van der Waals surface area (Å²) in [5, 5.41) is 13.6. The van der Waals surface area contributed by atoms with Crippen molar-refractivity contribution in [3.05, 3.63) is 52.7 Å². The van der Waals surface area contributed by atoms with Crippen molar-refractivity contribution in [2.75, 3.05) is 38.0 Å². The SMILES string of the molecule is Cc1cccc(C)c1NC(=O)C[NH+]1CC[NH+]([C@H](C)c2nnc(-c3cccs3)o2)CC1. The zero-order chi connectivity index (χ0) is 21.1. The number of thiophene rings is 1. The molecule has 1 amide bonds. The van der Waals surface area contributed by atoms with Gasteiger partial charge in [-0.15, -0.1) is 21.5 Å². The number of aromatic nitrogens is 2. The molecule has 0 radical (unpaired) electrons. The first-order valence-electron chi connectivity index (χ1n) is 10.4. The van der Waals surface area contributed by atoms with E-state index >= 15 is 0 Å². The minimum atomic E-state index is 0.0800. The van der Waals surface area contributed by atoms with E-state index in [1.165, 1.54) is 9.80 Å². The maximum absolute atomic E-state index is 12.6. The van der Waals surface area contributed by atoms with Crippen LogP contribution in [0.5, 0.6) is 0 Å². The standard InChI is InChI=1S/C22H27N5O2S/c1-15-6-4-7-16(2)20(15)23-19(28)14-26-9-11-27(12-10-26)17(3)21-24-25-22(29-21)18-8-5-13-30-18/h4-8,13,17H,9-12,14H2,1-3H3,(H,23,28)/p+2/t17-/m1/s1. The second-order valence-corrected chi connectivity index (χ2v) is 8.99. The van der Waals surface area contributed by atoms with E-state index in [1.807, 2.05) is 49.6 Å². The second-order valence-electron chi connectivity index (χ2n) is 8.04. The number of para-hydroxylation sites is 1. The average molecular weight is 428 g/mol. The topological polar surface area (TPSA) is 76.9 Å². The molecule has 2 aromatic heterocycles. The molecule has 1 aliphatic rings. The fourth-order valence-electron chi connectivity index (χ4n) is 4.04. The lowest BCUT2D eigenvalue weighted by molar-refractivity contribution is -1.02. The molecule has 158 valence electrons. The van der Waals surface area contributed by atoms with E-state index in [1.54, 1.807) is 11.3 Å². The van der Waals surface area contributed by atoms with Gasteiger partial charge in [-0.1, -0.05) is 24.3 Å². The Hall–Kier alpha value is -2.55. The number of benzene rings is 1. The quantitative estimate of drug-likeness (QED) is 0.546. The average Bonchev–Trinajstić information content (AvgIpc) is 3.42. The molecule has 0 aliphatic carbocycles. The van der Waals surface area contributed by atoms with Gasteiger partial charge in [-0.3, -0.25) is 4.79 Å². The number of anilines is 1. The van der Waals surface area contributed by atoms with Crippen molar-refractivity contribution in [1.82, 2.24) is 10.2 Å². The van der Waals surface area contributed by atoms with Crippen LogP contribution in [0.2, 0.25) is 0 Å². The Morgan fingerprint density at radius 3 is 2.53 bits per heavy atom. The molecule has 30 heavy (non-hydrogen) atoms. The molecule has 1 aromatic carbocycles. The number of amides is 1. The second kappa shape index (κ2) is 9.07. The lowest BCUT2D eigenvalue weighted by atomic mass is 10.1. The highest BCUT2D eigenvalue weighted by molar-refractivity contribution is 7.13. The van der Waals surface area contributed by atoms with Crippen LogP contribution in [-0.2, 0) is 4.79 Å². The molecule has 8 heteroatoms. The molecule has 1 aliphatic heterocycles. The molecule has 0 spiro atoms. The fraction of sp³-hybridized carbons (Fsp3) is 0.409. The van der Waals surface area contributed by atoms with Crippen molar-refractivity contribution in [3.63, 3.8) is 0 Å². The largest absolute Gasteiger partial charge is 0.414 e. The molecule has 3 heterocycles. The van der Waals surface area contributed by atoms with Gasteiger partial charge >= 0.3 is 0 Å². The van der Waals surface area contributed by atoms with Gasteiger partial charge in [0, 0.05) is 5.69 Å². The van der Waals surface area contributed by atoms with Crippen molar-refractivity contribution in [1.29, 1.82) is 0 Å². The molecule has 4 rings (SSSR count). The highest BCUT2D eigenvalue weighted by atomic mass is 32.1. The number of nitrogens with one attached hydrogen (secondary N) is 3. The van der Waals surface area contributed by atoms with Crippen LogP contribution in [0.3, 0.4) is 0 Å². The van der Waals surface area contributed by atoms with Gasteiger partial charge in [-0.05, 0) is 43.3 Å². The highest BCUT2D eigenvalue weighted by Crippen LogP contribution is 2.24. The predicted octanol–water partition coefficient (Wildman–Crippen LogP) is 0.898. The predicted molar refractivity (Wildman–Crippen MR) is 117 cm³/mol. The van der Waals surface area contributed by atoms with Gasteiger partial charge in [0.2, 0.25) is 0 Å². The number of aryl methyl sites for hydroxylation is 2. The van der Waals surface area contributed by atoms with E-state index in [2.05, 4.69) is 22.4 Å². The molecule has 1 fully saturated rings. The maximum atomic E-state index is 12.6. The van der Waals surface area contributed by atoms with Crippen molar-refractivity contribution in [2.24, 2.45) is 0 Å². The van der Waals surface area contributed by atoms with E-state index in [-0.39, 0.29) is 11.9 Å². The van der Waals surface area contributed by atoms with E-state index in [0.717, 1.165) is 47.9 Å². The summed E-state index contributed by atoms with van der Waals surface area (Å²) in [4.78, 5) is 16.3. The van der Waals surface area contributed by atoms with Crippen LogP contribution in [0.15, 0.2) is 40.1 Å². The summed E-state index contributed by atoms with van der Waals surface area (Å²) in [7, 11) is 0. The summed E-state index contributed by atoms with van der Waals surface area (Å²) >= 11 is 1.60. The molecule has 0 bridgehead atoms. The summed E-state index contributed by atoms with van der Waals surface area (Å²) in [6, 6.07) is 10.2. The number of carbonyl (C=O) groups is 1. The zero-order valence-electron chi connectivity index (χ0n) is 17.7. The highest BCUT2D eigenvalue weighted by Gasteiger charge is 2.32. The first kappa shape index (κ1) is 20.7. The van der Waals surface area contributed by atoms with E-state index < -0.39 is 0 Å². The van der Waals surface area contributed by atoms with Crippen LogP contribution in [0.1, 0.15) is 30.0 Å². The summed E-state index contributed by atoms with van der Waals surface area (Å²) in [5.74, 6) is 1.36. The number of quaternary nitrogens is 2. The molecule has 3 aromatic rings. The van der Waals surface area contributed by atoms with Gasteiger partial charge in [0.25, 0.3) is 17.7 Å². The molecule has 1 saturated heterocycles. The smallest absolute Gasteiger partial charge is 0.279 e. The van der Waals surface area contributed by atoms with Crippen LogP contribution >= 0.6 is 11.3 Å². The van der Waals surface area contributed by atoms with Gasteiger partial charge in [-0.25, -0.2) is 0 Å². The maximum Gasteiger partial charge on any atom is 0.279 e. The fourth-order valence-corrected chi connectivity index (χ4v) is 4.68. The molecule has 1 atom stereocenters. The first-order valence-corrected chi connectivity index (χ1v) is 11.3. The zero-order valence-corrected chi connectivity index (χ0v) is 18.5. The van der Waals surface area contributed by atoms with Crippen molar-refractivity contribution in [3.8, 4) is 10.8 Å². The summed E-state index contributed by atoms with van der Waals surface area (Å²) < 4.78 is 5.92. The van der Waals surface area contributed by atoms with Gasteiger partial charge in [0.05, 0.1) is 4.88 Å². The Morgan fingerprint density at radius 1 is 1.13 bits per heavy atom. The Kier molecular flexibility index (Phi) is 6.26. The number of hydrogen-bond acceptors (Lipinski definition) is 5. The lowest BCUT2D eigenvalue weighted by Crippen LogP contribution is -3.28. The minimum absolute atomic E-state index is 0.0800. The molecule has 7 nitrogen and oxygen atoms in total. The Morgan fingerprint density at radius 2 is 1.87 bits per heavy atom. The summed E-state index contributed by atoms with van der Waals surface area (Å²) in [5.41, 5.74) is 3.14. The number of piperazine rings is 1. The van der Waals surface area contributed by atoms with E-state index in [9.17, 15) is 4.79 Å². The van der Waals surface area contributed by atoms with Gasteiger partial charge in [-0.2, -0.15) is 0 Å². The minimum Gasteiger partial charge on any atom is -0.414 e. The Bertz CT molecular complexity index is 973. The van der Waals surface area contributed by atoms with Gasteiger partial charge < -0.3 is 19.5 Å². The van der Waals surface area contributed by atoms with Crippen LogP contribution in [0.25, 0.3) is 10.8 Å². The normalized spacial score (nSPS) is 20.1. The number of carbonyl (C=O) groups excluding carboxylic acids is 1. The summed E-state index contributed by atoms with van der Waals surface area (Å²) in [6.45, 7) is 10.5. The first-order chi connectivity index (χ1) is 14.5. The number of rotatable bonds is 6. The third kappa shape index (κ3) is 4.61.